The quantitative estimate of drug-likeness (QED) is 0.570. The Hall–Kier alpha value is -1.06. The van der Waals surface area contributed by atoms with Crippen LogP contribution < -0.4 is 11.1 Å². The summed E-state index contributed by atoms with van der Waals surface area (Å²) in [5.41, 5.74) is 4.93. The third-order valence-electron chi connectivity index (χ3n) is 1.68. The van der Waals surface area contributed by atoms with Crippen LogP contribution in [0.5, 0.6) is 0 Å². The Balaban J connectivity index is 3.25. The SMILES string of the molecule is CCCCNC(=O)CCCC(N)=O. The maximum atomic E-state index is 11.0. The first kappa shape index (κ1) is 11.9. The van der Waals surface area contributed by atoms with Crippen LogP contribution in [-0.2, 0) is 9.59 Å². The minimum Gasteiger partial charge on any atom is -0.370 e. The number of nitrogens with two attached hydrogens (primary N) is 1. The Morgan fingerprint density at radius 1 is 1.23 bits per heavy atom. The summed E-state index contributed by atoms with van der Waals surface area (Å²) < 4.78 is 0. The third-order valence-corrected chi connectivity index (χ3v) is 1.68. The fraction of sp³-hybridized carbons (Fsp3) is 0.778. The maximum Gasteiger partial charge on any atom is 0.220 e. The van der Waals surface area contributed by atoms with Gasteiger partial charge in [0.15, 0.2) is 0 Å². The van der Waals surface area contributed by atoms with Crippen molar-refractivity contribution in [2.24, 2.45) is 5.73 Å². The number of unbranched alkanes of at least 4 members (excludes halogenated alkanes) is 1. The van der Waals surface area contributed by atoms with Crippen LogP contribution in [0.2, 0.25) is 0 Å². The van der Waals surface area contributed by atoms with Gasteiger partial charge in [-0.05, 0) is 12.8 Å². The molecular weight excluding hydrogens is 168 g/mol. The Kier molecular flexibility index (Phi) is 6.96. The number of carbonyl (C=O) groups excluding carboxylic acids is 2. The fourth-order valence-corrected chi connectivity index (χ4v) is 0.916. The number of amides is 2. The van der Waals surface area contributed by atoms with E-state index in [1.807, 2.05) is 0 Å². The van der Waals surface area contributed by atoms with E-state index in [-0.39, 0.29) is 11.8 Å². The lowest BCUT2D eigenvalue weighted by Gasteiger charge is -2.02. The molecule has 0 fully saturated rings. The zero-order valence-corrected chi connectivity index (χ0v) is 8.14. The van der Waals surface area contributed by atoms with Gasteiger partial charge in [-0.15, -0.1) is 0 Å². The zero-order valence-electron chi connectivity index (χ0n) is 8.14. The second kappa shape index (κ2) is 7.58. The third kappa shape index (κ3) is 8.85. The summed E-state index contributed by atoms with van der Waals surface area (Å²) in [4.78, 5) is 21.4. The van der Waals surface area contributed by atoms with Crippen molar-refractivity contribution in [2.45, 2.75) is 39.0 Å². The largest absolute Gasteiger partial charge is 0.370 e. The molecule has 4 heteroatoms. The Morgan fingerprint density at radius 2 is 1.92 bits per heavy atom. The number of primary amides is 1. The van der Waals surface area contributed by atoms with Gasteiger partial charge in [-0.3, -0.25) is 9.59 Å². The summed E-state index contributed by atoms with van der Waals surface area (Å²) in [6.45, 7) is 2.80. The molecule has 4 nitrogen and oxygen atoms in total. The van der Waals surface area contributed by atoms with Crippen LogP contribution in [-0.4, -0.2) is 18.4 Å². The minimum atomic E-state index is -0.346. The molecule has 0 aliphatic carbocycles. The van der Waals surface area contributed by atoms with Crippen LogP contribution >= 0.6 is 0 Å². The van der Waals surface area contributed by atoms with Gasteiger partial charge in [0.1, 0.15) is 0 Å². The van der Waals surface area contributed by atoms with Gasteiger partial charge in [0, 0.05) is 19.4 Å². The predicted molar refractivity (Wildman–Crippen MR) is 51.0 cm³/mol. The predicted octanol–water partition coefficient (Wildman–Crippen LogP) is 0.558. The molecule has 0 aromatic heterocycles. The van der Waals surface area contributed by atoms with E-state index in [4.69, 9.17) is 5.73 Å². The van der Waals surface area contributed by atoms with Crippen LogP contribution in [0.1, 0.15) is 39.0 Å². The molecule has 0 rings (SSSR count). The van der Waals surface area contributed by atoms with E-state index in [2.05, 4.69) is 12.2 Å². The van der Waals surface area contributed by atoms with Crippen molar-refractivity contribution < 1.29 is 9.59 Å². The summed E-state index contributed by atoms with van der Waals surface area (Å²) in [5.74, 6) is -0.337. The molecule has 0 atom stereocenters. The Labute approximate surface area is 78.9 Å². The van der Waals surface area contributed by atoms with Crippen LogP contribution in [0.3, 0.4) is 0 Å². The van der Waals surface area contributed by atoms with Gasteiger partial charge in [-0.25, -0.2) is 0 Å². The van der Waals surface area contributed by atoms with Crippen molar-refractivity contribution in [3.63, 3.8) is 0 Å². The van der Waals surface area contributed by atoms with Crippen LogP contribution in [0.15, 0.2) is 0 Å². The van der Waals surface area contributed by atoms with Crippen molar-refractivity contribution in [1.82, 2.24) is 5.32 Å². The highest BCUT2D eigenvalue weighted by Gasteiger charge is 2.01. The summed E-state index contributed by atoms with van der Waals surface area (Å²) >= 11 is 0. The normalized spacial score (nSPS) is 9.62. The minimum absolute atomic E-state index is 0.00898. The van der Waals surface area contributed by atoms with Crippen LogP contribution in [0, 0.1) is 0 Å². The number of rotatable bonds is 7. The molecule has 0 radical (unpaired) electrons. The second-order valence-electron chi connectivity index (χ2n) is 3.02. The lowest BCUT2D eigenvalue weighted by atomic mass is 10.2. The first-order valence-electron chi connectivity index (χ1n) is 4.71. The average Bonchev–Trinajstić information content (AvgIpc) is 2.04. The molecule has 3 N–H and O–H groups in total. The van der Waals surface area contributed by atoms with E-state index in [1.165, 1.54) is 0 Å². The van der Waals surface area contributed by atoms with Gasteiger partial charge < -0.3 is 11.1 Å². The van der Waals surface area contributed by atoms with E-state index in [1.54, 1.807) is 0 Å². The van der Waals surface area contributed by atoms with Gasteiger partial charge in [-0.1, -0.05) is 13.3 Å². The second-order valence-corrected chi connectivity index (χ2v) is 3.02. The van der Waals surface area contributed by atoms with E-state index in [9.17, 15) is 9.59 Å². The van der Waals surface area contributed by atoms with Gasteiger partial charge in [0.25, 0.3) is 0 Å². The Morgan fingerprint density at radius 3 is 2.46 bits per heavy atom. The van der Waals surface area contributed by atoms with Gasteiger partial charge in [0.05, 0.1) is 0 Å². The van der Waals surface area contributed by atoms with Crippen molar-refractivity contribution in [1.29, 1.82) is 0 Å². The van der Waals surface area contributed by atoms with Crippen molar-refractivity contribution >= 4 is 11.8 Å². The van der Waals surface area contributed by atoms with Crippen LogP contribution in [0.4, 0.5) is 0 Å². The van der Waals surface area contributed by atoms with E-state index < -0.39 is 0 Å². The molecular formula is C9H18N2O2. The highest BCUT2D eigenvalue weighted by molar-refractivity contribution is 5.77. The molecule has 2 amide bonds. The highest BCUT2D eigenvalue weighted by Crippen LogP contribution is 1.94. The molecule has 76 valence electrons. The fourth-order valence-electron chi connectivity index (χ4n) is 0.916. The number of hydrogen-bond donors (Lipinski definition) is 2. The molecule has 0 unspecified atom stereocenters. The topological polar surface area (TPSA) is 72.2 Å². The van der Waals surface area contributed by atoms with E-state index in [0.29, 0.717) is 19.3 Å². The number of carbonyl (C=O) groups is 2. The lowest BCUT2D eigenvalue weighted by Crippen LogP contribution is -2.24. The Bertz CT molecular complexity index is 169. The summed E-state index contributed by atoms with van der Waals surface area (Å²) in [6.07, 6.45) is 3.31. The molecule has 0 aromatic carbocycles. The smallest absolute Gasteiger partial charge is 0.220 e. The van der Waals surface area contributed by atoms with Crippen molar-refractivity contribution in [2.75, 3.05) is 6.54 Å². The molecule has 0 bridgehead atoms. The summed E-state index contributed by atoms with van der Waals surface area (Å²) in [6, 6.07) is 0. The molecule has 0 heterocycles. The maximum absolute atomic E-state index is 11.0. The summed E-state index contributed by atoms with van der Waals surface area (Å²) in [5, 5.41) is 2.77. The highest BCUT2D eigenvalue weighted by atomic mass is 16.2. The first-order valence-corrected chi connectivity index (χ1v) is 4.71. The zero-order chi connectivity index (χ0) is 10.1. The van der Waals surface area contributed by atoms with Crippen LogP contribution in [0.25, 0.3) is 0 Å². The molecule has 0 aromatic rings. The van der Waals surface area contributed by atoms with Crippen molar-refractivity contribution in [3.8, 4) is 0 Å². The summed E-state index contributed by atoms with van der Waals surface area (Å²) in [7, 11) is 0. The van der Waals surface area contributed by atoms with E-state index >= 15 is 0 Å². The molecule has 13 heavy (non-hydrogen) atoms. The molecule has 0 aliphatic rings. The van der Waals surface area contributed by atoms with E-state index in [0.717, 1.165) is 19.4 Å². The molecule has 0 aliphatic heterocycles. The molecule has 0 spiro atoms. The molecule has 0 saturated heterocycles. The van der Waals surface area contributed by atoms with Gasteiger partial charge in [-0.2, -0.15) is 0 Å². The first-order chi connectivity index (χ1) is 6.16. The monoisotopic (exact) mass is 186 g/mol. The number of nitrogens with one attached hydrogen (secondary N) is 1. The number of hydrogen-bond acceptors (Lipinski definition) is 2. The standard InChI is InChI=1S/C9H18N2O2/c1-2-3-7-11-9(13)6-4-5-8(10)12/h2-7H2,1H3,(H2,10,12)(H,11,13). The molecule has 0 saturated carbocycles. The lowest BCUT2D eigenvalue weighted by molar-refractivity contribution is -0.121. The van der Waals surface area contributed by atoms with Crippen molar-refractivity contribution in [3.05, 3.63) is 0 Å². The average molecular weight is 186 g/mol. The van der Waals surface area contributed by atoms with Gasteiger partial charge in [0.2, 0.25) is 11.8 Å². The van der Waals surface area contributed by atoms with Gasteiger partial charge >= 0.3 is 0 Å².